The van der Waals surface area contributed by atoms with Crippen LogP contribution in [0, 0.1) is 0 Å². The van der Waals surface area contributed by atoms with Crippen molar-refractivity contribution in [3.05, 3.63) is 23.8 Å². The lowest BCUT2D eigenvalue weighted by atomic mass is 10.2. The smallest absolute Gasteiger partial charge is 0.269 e. The molecule has 18 heavy (non-hydrogen) atoms. The molecular formula is C12H16N2O4. The molecule has 0 aliphatic carbocycles. The Hall–Kier alpha value is -1.79. The predicted molar refractivity (Wildman–Crippen MR) is 64.5 cm³/mol. The van der Waals surface area contributed by atoms with E-state index in [2.05, 4.69) is 5.43 Å². The summed E-state index contributed by atoms with van der Waals surface area (Å²) >= 11 is 0. The van der Waals surface area contributed by atoms with Crippen LogP contribution in [0.15, 0.2) is 18.2 Å². The molecule has 0 unspecified atom stereocenters. The van der Waals surface area contributed by atoms with Gasteiger partial charge < -0.3 is 14.6 Å². The number of ether oxygens (including phenoxy) is 2. The number of rotatable bonds is 3. The first-order chi connectivity index (χ1) is 8.70. The lowest BCUT2D eigenvalue weighted by Crippen LogP contribution is -2.48. The number of nitrogens with one attached hydrogen (secondary N) is 1. The molecule has 1 amide bonds. The van der Waals surface area contributed by atoms with Crippen LogP contribution in [0.4, 0.5) is 0 Å². The maximum atomic E-state index is 11.9. The van der Waals surface area contributed by atoms with E-state index in [9.17, 15) is 9.90 Å². The molecule has 1 aromatic carbocycles. The van der Waals surface area contributed by atoms with Crippen LogP contribution in [0.2, 0.25) is 0 Å². The van der Waals surface area contributed by atoms with Crippen molar-refractivity contribution >= 4 is 5.91 Å². The highest BCUT2D eigenvalue weighted by molar-refractivity contribution is 5.96. The molecule has 6 nitrogen and oxygen atoms in total. The summed E-state index contributed by atoms with van der Waals surface area (Å²) in [6, 6.07) is 4.58. The Morgan fingerprint density at radius 2 is 2.17 bits per heavy atom. The Morgan fingerprint density at radius 3 is 2.78 bits per heavy atom. The number of phenolic OH excluding ortho intramolecular Hbond substituents is 1. The minimum Gasteiger partial charge on any atom is -0.507 e. The van der Waals surface area contributed by atoms with Gasteiger partial charge in [0.05, 0.1) is 25.9 Å². The maximum Gasteiger partial charge on any atom is 0.269 e. The van der Waals surface area contributed by atoms with Gasteiger partial charge in [-0.15, -0.1) is 0 Å². The third-order valence-electron chi connectivity index (χ3n) is 2.72. The zero-order chi connectivity index (χ0) is 13.0. The number of phenols is 1. The van der Waals surface area contributed by atoms with E-state index in [0.29, 0.717) is 32.1 Å². The van der Waals surface area contributed by atoms with Crippen molar-refractivity contribution in [2.45, 2.75) is 0 Å². The average Bonchev–Trinajstić information content (AvgIpc) is 2.39. The summed E-state index contributed by atoms with van der Waals surface area (Å²) in [6.07, 6.45) is 0. The van der Waals surface area contributed by atoms with Gasteiger partial charge in [0.15, 0.2) is 0 Å². The number of aromatic hydroxyl groups is 1. The van der Waals surface area contributed by atoms with E-state index in [1.807, 2.05) is 0 Å². The van der Waals surface area contributed by atoms with Gasteiger partial charge in [0.25, 0.3) is 5.91 Å². The molecule has 0 spiro atoms. The zero-order valence-corrected chi connectivity index (χ0v) is 10.2. The largest absolute Gasteiger partial charge is 0.507 e. The lowest BCUT2D eigenvalue weighted by molar-refractivity contribution is 0.0125. The summed E-state index contributed by atoms with van der Waals surface area (Å²) in [5, 5.41) is 11.5. The average molecular weight is 252 g/mol. The number of carbonyl (C=O) groups excluding carboxylic acids is 1. The van der Waals surface area contributed by atoms with Crippen LogP contribution in [0.1, 0.15) is 10.4 Å². The first kappa shape index (κ1) is 12.7. The van der Waals surface area contributed by atoms with Gasteiger partial charge in [-0.3, -0.25) is 10.2 Å². The van der Waals surface area contributed by atoms with E-state index in [-0.39, 0.29) is 17.2 Å². The van der Waals surface area contributed by atoms with Crippen LogP contribution in [0.5, 0.6) is 11.5 Å². The van der Waals surface area contributed by atoms with Crippen molar-refractivity contribution in [2.24, 2.45) is 0 Å². The Labute approximate surface area is 105 Å². The van der Waals surface area contributed by atoms with Crippen LogP contribution in [-0.4, -0.2) is 49.4 Å². The number of methoxy groups -OCH3 is 1. The van der Waals surface area contributed by atoms with E-state index < -0.39 is 0 Å². The quantitative estimate of drug-likeness (QED) is 0.813. The van der Waals surface area contributed by atoms with Gasteiger partial charge in [-0.1, -0.05) is 0 Å². The third-order valence-corrected chi connectivity index (χ3v) is 2.72. The lowest BCUT2D eigenvalue weighted by Gasteiger charge is -2.27. The van der Waals surface area contributed by atoms with Gasteiger partial charge in [0.2, 0.25) is 0 Å². The molecular weight excluding hydrogens is 236 g/mol. The summed E-state index contributed by atoms with van der Waals surface area (Å²) in [7, 11) is 1.50. The number of hydrogen-bond acceptors (Lipinski definition) is 5. The van der Waals surface area contributed by atoms with Gasteiger partial charge in [-0.2, -0.15) is 0 Å². The fraction of sp³-hybridized carbons (Fsp3) is 0.417. The van der Waals surface area contributed by atoms with Crippen molar-refractivity contribution in [3.8, 4) is 11.5 Å². The molecule has 0 radical (unpaired) electrons. The second kappa shape index (κ2) is 5.70. The molecule has 2 N–H and O–H groups in total. The summed E-state index contributed by atoms with van der Waals surface area (Å²) < 4.78 is 10.1. The summed E-state index contributed by atoms with van der Waals surface area (Å²) in [5.74, 6) is 0.0765. The number of nitrogens with zero attached hydrogens (tertiary/aromatic N) is 1. The Kier molecular flexibility index (Phi) is 4.01. The molecule has 0 aromatic heterocycles. The highest BCUT2D eigenvalue weighted by atomic mass is 16.5. The standard InChI is InChI=1S/C12H16N2O4/c1-17-9-2-3-10(11(15)8-9)12(16)13-14-4-6-18-7-5-14/h2-3,8,15H,4-7H2,1H3,(H,13,16). The van der Waals surface area contributed by atoms with Crippen LogP contribution in [0.25, 0.3) is 0 Å². The van der Waals surface area contributed by atoms with E-state index in [1.165, 1.54) is 19.2 Å². The summed E-state index contributed by atoms with van der Waals surface area (Å²) in [6.45, 7) is 2.47. The van der Waals surface area contributed by atoms with Crippen LogP contribution in [-0.2, 0) is 4.74 Å². The van der Waals surface area contributed by atoms with Crippen molar-refractivity contribution < 1.29 is 19.4 Å². The van der Waals surface area contributed by atoms with Crippen molar-refractivity contribution in [1.29, 1.82) is 0 Å². The minimum atomic E-state index is -0.336. The first-order valence-corrected chi connectivity index (χ1v) is 5.71. The molecule has 1 aliphatic heterocycles. The molecule has 2 rings (SSSR count). The Balaban J connectivity index is 2.03. The fourth-order valence-corrected chi connectivity index (χ4v) is 1.71. The van der Waals surface area contributed by atoms with Crippen LogP contribution < -0.4 is 10.2 Å². The molecule has 0 bridgehead atoms. The molecule has 1 aromatic rings. The molecule has 98 valence electrons. The molecule has 0 saturated carbocycles. The van der Waals surface area contributed by atoms with Crippen molar-refractivity contribution in [1.82, 2.24) is 10.4 Å². The van der Waals surface area contributed by atoms with Gasteiger partial charge in [-0.05, 0) is 12.1 Å². The second-order valence-electron chi connectivity index (χ2n) is 3.92. The van der Waals surface area contributed by atoms with E-state index >= 15 is 0 Å². The highest BCUT2D eigenvalue weighted by Crippen LogP contribution is 2.23. The Morgan fingerprint density at radius 1 is 1.44 bits per heavy atom. The number of morpholine rings is 1. The molecule has 0 atom stereocenters. The van der Waals surface area contributed by atoms with Crippen molar-refractivity contribution in [3.63, 3.8) is 0 Å². The highest BCUT2D eigenvalue weighted by Gasteiger charge is 2.17. The molecule has 1 heterocycles. The number of carbonyl (C=O) groups is 1. The van der Waals surface area contributed by atoms with Gasteiger partial charge in [0.1, 0.15) is 11.5 Å². The number of hydrogen-bond donors (Lipinski definition) is 2. The van der Waals surface area contributed by atoms with Crippen LogP contribution in [0.3, 0.4) is 0 Å². The number of benzene rings is 1. The summed E-state index contributed by atoms with van der Waals surface area (Å²) in [4.78, 5) is 11.9. The van der Waals surface area contributed by atoms with Gasteiger partial charge in [0, 0.05) is 19.2 Å². The molecule has 1 aliphatic rings. The Bertz CT molecular complexity index is 430. The number of hydrazine groups is 1. The first-order valence-electron chi connectivity index (χ1n) is 5.71. The number of amides is 1. The normalized spacial score (nSPS) is 16.3. The summed E-state index contributed by atoms with van der Waals surface area (Å²) in [5.41, 5.74) is 2.95. The minimum absolute atomic E-state index is 0.0971. The SMILES string of the molecule is COc1ccc(C(=O)NN2CCOCC2)c(O)c1. The molecule has 1 saturated heterocycles. The predicted octanol–water partition coefficient (Wildman–Crippen LogP) is 0.378. The van der Waals surface area contributed by atoms with E-state index in [4.69, 9.17) is 9.47 Å². The zero-order valence-electron chi connectivity index (χ0n) is 10.2. The van der Waals surface area contributed by atoms with Crippen LogP contribution >= 0.6 is 0 Å². The molecule has 6 heteroatoms. The van der Waals surface area contributed by atoms with E-state index in [0.717, 1.165) is 0 Å². The second-order valence-corrected chi connectivity index (χ2v) is 3.92. The van der Waals surface area contributed by atoms with Gasteiger partial charge >= 0.3 is 0 Å². The fourth-order valence-electron chi connectivity index (χ4n) is 1.71. The molecule has 1 fully saturated rings. The third kappa shape index (κ3) is 2.91. The van der Waals surface area contributed by atoms with E-state index in [1.54, 1.807) is 11.1 Å². The van der Waals surface area contributed by atoms with Crippen molar-refractivity contribution in [2.75, 3.05) is 33.4 Å². The van der Waals surface area contributed by atoms with Gasteiger partial charge in [-0.25, -0.2) is 5.01 Å². The topological polar surface area (TPSA) is 71.0 Å². The monoisotopic (exact) mass is 252 g/mol. The maximum absolute atomic E-state index is 11.9.